The van der Waals surface area contributed by atoms with Crippen LogP contribution in [0.2, 0.25) is 0 Å². The normalized spacial score (nSPS) is 20.0. The maximum atomic E-state index is 13.4. The highest BCUT2D eigenvalue weighted by Crippen LogP contribution is 2.37. The number of methoxy groups -OCH3 is 1. The number of benzene rings is 2. The molecule has 2 heterocycles. The Labute approximate surface area is 175 Å². The van der Waals surface area contributed by atoms with Gasteiger partial charge in [-0.1, -0.05) is 24.3 Å². The number of hydrogen-bond donors (Lipinski definition) is 2. The van der Waals surface area contributed by atoms with Crippen molar-refractivity contribution in [1.29, 1.82) is 0 Å². The summed E-state index contributed by atoms with van der Waals surface area (Å²) in [7, 11) is 1.58. The minimum absolute atomic E-state index is 0.125. The topological polar surface area (TPSA) is 90.3 Å². The van der Waals surface area contributed by atoms with Crippen LogP contribution in [0.1, 0.15) is 25.5 Å². The summed E-state index contributed by atoms with van der Waals surface area (Å²) in [5.74, 6) is 1.49. The number of nitrogens with zero attached hydrogens (tertiary/aromatic N) is 3. The van der Waals surface area contributed by atoms with Crippen LogP contribution < -0.4 is 20.1 Å². The molecule has 0 fully saturated rings. The Morgan fingerprint density at radius 3 is 2.70 bits per heavy atom. The summed E-state index contributed by atoms with van der Waals surface area (Å²) in [5, 5.41) is 10.7. The van der Waals surface area contributed by atoms with E-state index in [0.717, 1.165) is 11.3 Å². The Morgan fingerprint density at radius 2 is 1.97 bits per heavy atom. The van der Waals surface area contributed by atoms with Gasteiger partial charge in [-0.15, -0.1) is 0 Å². The van der Waals surface area contributed by atoms with E-state index in [1.165, 1.54) is 6.33 Å². The fraction of sp³-hybridized carbons (Fsp3) is 0.318. The fourth-order valence-corrected chi connectivity index (χ4v) is 3.89. The second-order valence-electron chi connectivity index (χ2n) is 7.12. The molecule has 2 N–H and O–H groups in total. The van der Waals surface area contributed by atoms with Crippen LogP contribution >= 0.6 is 0 Å². The predicted molar refractivity (Wildman–Crippen MR) is 114 cm³/mol. The summed E-state index contributed by atoms with van der Waals surface area (Å²) in [6.07, 6.45) is 1.50. The third kappa shape index (κ3) is 3.68. The van der Waals surface area contributed by atoms with Crippen LogP contribution in [0, 0.1) is 5.92 Å². The van der Waals surface area contributed by atoms with E-state index >= 15 is 0 Å². The standard InChI is InChI=1S/C22H25N5O3/c1-4-30-16-11-9-15(10-12-16)20-19(14(2)25-22-23-13-24-27(20)22)21(28)26-17-7-5-6-8-18(17)29-3/h5-14,19-20H,4H2,1-3H3,(H,26,28)(H,23,24,25)/t14-,19-,20-/m1/s1. The van der Waals surface area contributed by atoms with Crippen molar-refractivity contribution in [1.82, 2.24) is 14.8 Å². The number of hydrogen-bond acceptors (Lipinski definition) is 6. The summed E-state index contributed by atoms with van der Waals surface area (Å²) in [5.41, 5.74) is 1.59. The Hall–Kier alpha value is -3.55. The first-order chi connectivity index (χ1) is 14.6. The maximum absolute atomic E-state index is 13.4. The van der Waals surface area contributed by atoms with Gasteiger partial charge >= 0.3 is 0 Å². The second kappa shape index (κ2) is 8.44. The van der Waals surface area contributed by atoms with E-state index in [1.807, 2.05) is 62.4 Å². The average molecular weight is 407 g/mol. The molecule has 0 saturated carbocycles. The van der Waals surface area contributed by atoms with E-state index in [1.54, 1.807) is 11.8 Å². The smallest absolute Gasteiger partial charge is 0.232 e. The number of rotatable bonds is 6. The molecule has 0 unspecified atom stereocenters. The molecule has 1 aliphatic heterocycles. The van der Waals surface area contributed by atoms with Crippen LogP contribution in [0.25, 0.3) is 0 Å². The van der Waals surface area contributed by atoms with Crippen molar-refractivity contribution in [2.24, 2.45) is 5.92 Å². The Bertz CT molecular complexity index is 1020. The predicted octanol–water partition coefficient (Wildman–Crippen LogP) is 3.34. The molecule has 1 aliphatic rings. The third-order valence-corrected chi connectivity index (χ3v) is 5.27. The van der Waals surface area contributed by atoms with Crippen LogP contribution in [-0.4, -0.2) is 40.4 Å². The van der Waals surface area contributed by atoms with Crippen molar-refractivity contribution in [2.75, 3.05) is 24.4 Å². The molecule has 2 aromatic carbocycles. The SMILES string of the molecule is CCOc1ccc([C@@H]2[C@H](C(=O)Nc3ccccc3OC)[C@@H](C)Nc3ncnn32)cc1. The van der Waals surface area contributed by atoms with Gasteiger partial charge in [-0.05, 0) is 43.7 Å². The van der Waals surface area contributed by atoms with Gasteiger partial charge in [0.1, 0.15) is 17.8 Å². The quantitative estimate of drug-likeness (QED) is 0.651. The number of fused-ring (bicyclic) bond motifs is 1. The average Bonchev–Trinajstić information content (AvgIpc) is 3.22. The zero-order chi connectivity index (χ0) is 21.1. The summed E-state index contributed by atoms with van der Waals surface area (Å²) in [6.45, 7) is 4.52. The number of carbonyl (C=O) groups is 1. The van der Waals surface area contributed by atoms with E-state index in [-0.39, 0.29) is 18.0 Å². The van der Waals surface area contributed by atoms with Crippen LogP contribution in [0.4, 0.5) is 11.6 Å². The number of carbonyl (C=O) groups excluding carboxylic acids is 1. The molecule has 8 heteroatoms. The lowest BCUT2D eigenvalue weighted by Crippen LogP contribution is -2.46. The van der Waals surface area contributed by atoms with Crippen molar-refractivity contribution in [3.05, 3.63) is 60.4 Å². The van der Waals surface area contributed by atoms with Crippen molar-refractivity contribution in [2.45, 2.75) is 25.9 Å². The summed E-state index contributed by atoms with van der Waals surface area (Å²) in [4.78, 5) is 17.7. The number of nitrogens with one attached hydrogen (secondary N) is 2. The molecular formula is C22H25N5O3. The van der Waals surface area contributed by atoms with E-state index in [2.05, 4.69) is 20.7 Å². The molecule has 156 valence electrons. The molecule has 8 nitrogen and oxygen atoms in total. The van der Waals surface area contributed by atoms with Gasteiger partial charge in [0.25, 0.3) is 0 Å². The largest absolute Gasteiger partial charge is 0.495 e. The lowest BCUT2D eigenvalue weighted by Gasteiger charge is -2.37. The number of amides is 1. The zero-order valence-corrected chi connectivity index (χ0v) is 17.2. The molecule has 0 bridgehead atoms. The van der Waals surface area contributed by atoms with Gasteiger partial charge in [0.15, 0.2) is 0 Å². The first kappa shape index (κ1) is 19.8. The van der Waals surface area contributed by atoms with Gasteiger partial charge in [0.05, 0.1) is 31.4 Å². The highest BCUT2D eigenvalue weighted by molar-refractivity contribution is 5.95. The fourth-order valence-electron chi connectivity index (χ4n) is 3.89. The van der Waals surface area contributed by atoms with Gasteiger partial charge in [-0.2, -0.15) is 10.1 Å². The number of aromatic nitrogens is 3. The minimum Gasteiger partial charge on any atom is -0.495 e. The second-order valence-corrected chi connectivity index (χ2v) is 7.12. The monoisotopic (exact) mass is 407 g/mol. The van der Waals surface area contributed by atoms with Gasteiger partial charge in [-0.25, -0.2) is 4.68 Å². The number of para-hydroxylation sites is 2. The molecule has 30 heavy (non-hydrogen) atoms. The number of ether oxygens (including phenoxy) is 2. The minimum atomic E-state index is -0.429. The number of anilines is 2. The van der Waals surface area contributed by atoms with Gasteiger partial charge in [0, 0.05) is 6.04 Å². The Morgan fingerprint density at radius 1 is 1.20 bits per heavy atom. The van der Waals surface area contributed by atoms with Crippen LogP contribution in [0.5, 0.6) is 11.5 Å². The van der Waals surface area contributed by atoms with E-state index in [0.29, 0.717) is 24.0 Å². The molecular weight excluding hydrogens is 382 g/mol. The molecule has 4 rings (SSSR count). The molecule has 0 aliphatic carbocycles. The molecule has 1 aromatic heterocycles. The Kier molecular flexibility index (Phi) is 5.56. The van der Waals surface area contributed by atoms with E-state index in [9.17, 15) is 4.79 Å². The third-order valence-electron chi connectivity index (χ3n) is 5.27. The summed E-state index contributed by atoms with van der Waals surface area (Å²) < 4.78 is 12.7. The van der Waals surface area contributed by atoms with Crippen LogP contribution in [-0.2, 0) is 4.79 Å². The zero-order valence-electron chi connectivity index (χ0n) is 17.2. The molecule has 0 radical (unpaired) electrons. The van der Waals surface area contributed by atoms with E-state index in [4.69, 9.17) is 9.47 Å². The molecule has 1 amide bonds. The first-order valence-electron chi connectivity index (χ1n) is 9.95. The van der Waals surface area contributed by atoms with Crippen LogP contribution in [0.3, 0.4) is 0 Å². The Balaban J connectivity index is 1.69. The highest BCUT2D eigenvalue weighted by Gasteiger charge is 2.41. The van der Waals surface area contributed by atoms with Crippen molar-refractivity contribution in [3.8, 4) is 11.5 Å². The molecule has 3 aromatic rings. The van der Waals surface area contributed by atoms with Gasteiger partial charge in [-0.3, -0.25) is 4.79 Å². The molecule has 0 saturated heterocycles. The summed E-state index contributed by atoms with van der Waals surface area (Å²) >= 11 is 0. The van der Waals surface area contributed by atoms with E-state index < -0.39 is 5.92 Å². The molecule has 0 spiro atoms. The lowest BCUT2D eigenvalue weighted by molar-refractivity contribution is -0.121. The summed E-state index contributed by atoms with van der Waals surface area (Å²) in [6, 6.07) is 14.7. The first-order valence-corrected chi connectivity index (χ1v) is 9.95. The molecule has 3 atom stereocenters. The van der Waals surface area contributed by atoms with Gasteiger partial charge < -0.3 is 20.1 Å². The maximum Gasteiger partial charge on any atom is 0.232 e. The van der Waals surface area contributed by atoms with Crippen molar-refractivity contribution in [3.63, 3.8) is 0 Å². The van der Waals surface area contributed by atoms with Gasteiger partial charge in [0.2, 0.25) is 11.9 Å². The van der Waals surface area contributed by atoms with Crippen molar-refractivity contribution < 1.29 is 14.3 Å². The highest BCUT2D eigenvalue weighted by atomic mass is 16.5. The van der Waals surface area contributed by atoms with Crippen LogP contribution in [0.15, 0.2) is 54.9 Å². The lowest BCUT2D eigenvalue weighted by atomic mass is 9.85. The van der Waals surface area contributed by atoms with Crippen molar-refractivity contribution >= 4 is 17.5 Å².